The summed E-state index contributed by atoms with van der Waals surface area (Å²) in [5, 5.41) is 0.556. The average molecular weight is 301 g/mol. The van der Waals surface area contributed by atoms with Crippen LogP contribution in [-0.4, -0.2) is 4.98 Å². The third-order valence-electron chi connectivity index (χ3n) is 1.99. The Balaban J connectivity index is 3.02. The second-order valence-electron chi connectivity index (χ2n) is 3.14. The molecule has 0 radical (unpaired) electrons. The van der Waals surface area contributed by atoms with E-state index in [-0.39, 0.29) is 5.63 Å². The Morgan fingerprint density at radius 1 is 1.36 bits per heavy atom. The first kappa shape index (κ1) is 9.64. The highest BCUT2D eigenvalue weighted by molar-refractivity contribution is 14.1. The van der Waals surface area contributed by atoms with Crippen molar-refractivity contribution in [2.24, 2.45) is 0 Å². The van der Waals surface area contributed by atoms with Crippen molar-refractivity contribution in [2.75, 3.05) is 0 Å². The van der Waals surface area contributed by atoms with Gasteiger partial charge >= 0.3 is 5.63 Å². The fourth-order valence-electron chi connectivity index (χ4n) is 1.41. The predicted octanol–water partition coefficient (Wildman–Crippen LogP) is 2.41. The summed E-state index contributed by atoms with van der Waals surface area (Å²) in [5.74, 6) is 0.409. The molecule has 0 atom stereocenters. The van der Waals surface area contributed by atoms with Crippen molar-refractivity contribution in [3.63, 3.8) is 0 Å². The van der Waals surface area contributed by atoms with Gasteiger partial charge in [0.25, 0.3) is 0 Å². The number of aromatic nitrogens is 1. The highest BCUT2D eigenvalue weighted by Gasteiger charge is 2.06. The second kappa shape index (κ2) is 3.34. The predicted molar refractivity (Wildman–Crippen MR) is 62.5 cm³/mol. The quantitative estimate of drug-likeness (QED) is 0.702. The molecule has 1 heterocycles. The van der Waals surface area contributed by atoms with Gasteiger partial charge in [0.1, 0.15) is 0 Å². The van der Waals surface area contributed by atoms with Crippen LogP contribution >= 0.6 is 22.6 Å². The van der Waals surface area contributed by atoms with Crippen molar-refractivity contribution in [2.45, 2.75) is 13.8 Å². The minimum atomic E-state index is -0.311. The highest BCUT2D eigenvalue weighted by Crippen LogP contribution is 2.17. The number of benzene rings is 1. The first-order valence-corrected chi connectivity index (χ1v) is 5.23. The summed E-state index contributed by atoms with van der Waals surface area (Å²) in [7, 11) is 0. The van der Waals surface area contributed by atoms with Crippen molar-refractivity contribution in [3.05, 3.63) is 37.6 Å². The molecule has 0 fully saturated rings. The molecule has 1 aromatic carbocycles. The number of aryl methyl sites for hydroxylation is 2. The lowest BCUT2D eigenvalue weighted by Gasteiger charge is -2.01. The smallest absolute Gasteiger partial charge is 0.346 e. The van der Waals surface area contributed by atoms with Gasteiger partial charge in [-0.25, -0.2) is 9.78 Å². The van der Waals surface area contributed by atoms with Gasteiger partial charge in [-0.2, -0.15) is 0 Å². The summed E-state index contributed by atoms with van der Waals surface area (Å²) in [6.45, 7) is 3.62. The Bertz CT molecular complexity index is 560. The van der Waals surface area contributed by atoms with Crippen LogP contribution < -0.4 is 5.63 Å². The number of hydrogen-bond acceptors (Lipinski definition) is 3. The normalized spacial score (nSPS) is 10.8. The van der Waals surface area contributed by atoms with E-state index in [0.717, 1.165) is 14.7 Å². The summed E-state index contributed by atoms with van der Waals surface area (Å²) >= 11 is 2.17. The maximum Gasteiger partial charge on any atom is 0.346 e. The third kappa shape index (κ3) is 1.54. The van der Waals surface area contributed by atoms with Gasteiger partial charge in [0, 0.05) is 10.5 Å². The van der Waals surface area contributed by atoms with Crippen LogP contribution in [0.3, 0.4) is 0 Å². The Morgan fingerprint density at radius 2 is 2.07 bits per heavy atom. The minimum Gasteiger partial charge on any atom is -0.408 e. The van der Waals surface area contributed by atoms with E-state index in [1.165, 1.54) is 0 Å². The van der Waals surface area contributed by atoms with Gasteiger partial charge in [0.05, 0.1) is 10.9 Å². The molecule has 2 rings (SSSR count). The third-order valence-corrected chi connectivity index (χ3v) is 2.62. The fourth-order valence-corrected chi connectivity index (χ4v) is 2.19. The highest BCUT2D eigenvalue weighted by atomic mass is 127. The molecular formula is C10H8INO2. The monoisotopic (exact) mass is 301 g/mol. The molecule has 0 saturated carbocycles. The standard InChI is InChI=1S/C10H8INO2/c1-5-3-7(11)4-8-9(5)12-6(2)14-10(8)13/h3-4H,1-2H3. The Kier molecular flexibility index (Phi) is 2.30. The van der Waals surface area contributed by atoms with Crippen molar-refractivity contribution < 1.29 is 4.42 Å². The molecule has 72 valence electrons. The Labute approximate surface area is 94.3 Å². The lowest BCUT2D eigenvalue weighted by Crippen LogP contribution is -2.04. The van der Waals surface area contributed by atoms with Crippen LogP contribution in [0, 0.1) is 17.4 Å². The fraction of sp³-hybridized carbons (Fsp3) is 0.200. The summed E-state index contributed by atoms with van der Waals surface area (Å²) in [6, 6.07) is 3.79. The van der Waals surface area contributed by atoms with Crippen LogP contribution in [-0.2, 0) is 0 Å². The molecule has 0 amide bonds. The number of hydrogen-bond donors (Lipinski definition) is 0. The van der Waals surface area contributed by atoms with E-state index in [2.05, 4.69) is 27.6 Å². The average Bonchev–Trinajstić information content (AvgIpc) is 2.07. The number of nitrogens with zero attached hydrogens (tertiary/aromatic N) is 1. The molecule has 3 nitrogen and oxygen atoms in total. The summed E-state index contributed by atoms with van der Waals surface area (Å²) in [5.41, 5.74) is 1.43. The van der Waals surface area contributed by atoms with Gasteiger partial charge < -0.3 is 4.42 Å². The molecule has 0 aliphatic heterocycles. The number of fused-ring (bicyclic) bond motifs is 1. The Morgan fingerprint density at radius 3 is 2.79 bits per heavy atom. The summed E-state index contributed by atoms with van der Waals surface area (Å²) < 4.78 is 5.95. The number of rotatable bonds is 0. The maximum absolute atomic E-state index is 11.5. The first-order chi connectivity index (χ1) is 6.58. The molecule has 0 unspecified atom stereocenters. The van der Waals surface area contributed by atoms with Gasteiger partial charge in [0.15, 0.2) is 5.89 Å². The topological polar surface area (TPSA) is 43.1 Å². The molecule has 4 heteroatoms. The largest absolute Gasteiger partial charge is 0.408 e. The molecule has 0 N–H and O–H groups in total. The van der Waals surface area contributed by atoms with Crippen molar-refractivity contribution >= 4 is 33.5 Å². The lowest BCUT2D eigenvalue weighted by atomic mass is 10.1. The molecular weight excluding hydrogens is 293 g/mol. The maximum atomic E-state index is 11.5. The van der Waals surface area contributed by atoms with Crippen LogP contribution in [0.1, 0.15) is 11.5 Å². The van der Waals surface area contributed by atoms with Crippen molar-refractivity contribution in [1.29, 1.82) is 0 Å². The van der Waals surface area contributed by atoms with Crippen molar-refractivity contribution in [1.82, 2.24) is 4.98 Å². The van der Waals surface area contributed by atoms with E-state index >= 15 is 0 Å². The zero-order valence-electron chi connectivity index (χ0n) is 7.80. The number of halogens is 1. The minimum absolute atomic E-state index is 0.311. The first-order valence-electron chi connectivity index (χ1n) is 4.15. The van der Waals surface area contributed by atoms with E-state index < -0.39 is 0 Å². The van der Waals surface area contributed by atoms with Gasteiger partial charge in [0.2, 0.25) is 0 Å². The van der Waals surface area contributed by atoms with Gasteiger partial charge in [-0.3, -0.25) is 0 Å². The van der Waals surface area contributed by atoms with Crippen LogP contribution in [0.25, 0.3) is 10.9 Å². The SMILES string of the molecule is Cc1nc2c(C)cc(I)cc2c(=O)o1. The summed E-state index contributed by atoms with van der Waals surface area (Å²) in [4.78, 5) is 15.7. The van der Waals surface area contributed by atoms with Crippen molar-refractivity contribution in [3.8, 4) is 0 Å². The van der Waals surface area contributed by atoms with E-state index in [0.29, 0.717) is 11.3 Å². The van der Waals surface area contributed by atoms with Crippen LogP contribution in [0.4, 0.5) is 0 Å². The van der Waals surface area contributed by atoms with E-state index in [4.69, 9.17) is 4.42 Å². The molecule has 0 aliphatic carbocycles. The molecule has 0 spiro atoms. The zero-order valence-corrected chi connectivity index (χ0v) is 9.95. The zero-order chi connectivity index (χ0) is 10.3. The van der Waals surface area contributed by atoms with Crippen LogP contribution in [0.15, 0.2) is 21.3 Å². The molecule has 14 heavy (non-hydrogen) atoms. The van der Waals surface area contributed by atoms with Gasteiger partial charge in [-0.1, -0.05) is 0 Å². The molecule has 0 bridgehead atoms. The van der Waals surface area contributed by atoms with Crippen LogP contribution in [0.5, 0.6) is 0 Å². The van der Waals surface area contributed by atoms with E-state index in [1.807, 2.05) is 13.0 Å². The van der Waals surface area contributed by atoms with E-state index in [9.17, 15) is 4.79 Å². The van der Waals surface area contributed by atoms with Crippen LogP contribution in [0.2, 0.25) is 0 Å². The summed E-state index contributed by atoms with van der Waals surface area (Å²) in [6.07, 6.45) is 0. The molecule has 2 aromatic rings. The molecule has 0 saturated heterocycles. The van der Waals surface area contributed by atoms with Gasteiger partial charge in [-0.05, 0) is 47.2 Å². The second-order valence-corrected chi connectivity index (χ2v) is 4.38. The molecule has 0 aliphatic rings. The molecule has 1 aromatic heterocycles. The van der Waals surface area contributed by atoms with E-state index in [1.54, 1.807) is 13.0 Å². The lowest BCUT2D eigenvalue weighted by molar-refractivity contribution is 0.467. The Hall–Kier alpha value is -0.910. The van der Waals surface area contributed by atoms with Gasteiger partial charge in [-0.15, -0.1) is 0 Å².